The number of aryl methyl sites for hydroxylation is 1. The third kappa shape index (κ3) is 2.77. The van der Waals surface area contributed by atoms with Crippen LogP contribution in [0.2, 0.25) is 0 Å². The molecule has 0 aliphatic carbocycles. The lowest BCUT2D eigenvalue weighted by Gasteiger charge is -2.17. The van der Waals surface area contributed by atoms with Crippen LogP contribution in [0.5, 0.6) is 0 Å². The average molecular weight is 359 g/mol. The summed E-state index contributed by atoms with van der Waals surface area (Å²) in [7, 11) is 0. The van der Waals surface area contributed by atoms with Gasteiger partial charge in [0.25, 0.3) is 5.56 Å². The lowest BCUT2D eigenvalue weighted by atomic mass is 10.1. The summed E-state index contributed by atoms with van der Waals surface area (Å²) in [4.78, 5) is 49.2. The highest BCUT2D eigenvalue weighted by molar-refractivity contribution is 5.89. The van der Waals surface area contributed by atoms with Crippen molar-refractivity contribution in [2.45, 2.75) is 20.4 Å². The number of amides is 1. The van der Waals surface area contributed by atoms with E-state index in [0.29, 0.717) is 30.1 Å². The molecule has 26 heavy (non-hydrogen) atoms. The van der Waals surface area contributed by atoms with Gasteiger partial charge in [-0.05, 0) is 37.6 Å². The van der Waals surface area contributed by atoms with Crippen molar-refractivity contribution in [2.24, 2.45) is 0 Å². The van der Waals surface area contributed by atoms with E-state index in [2.05, 4.69) is 0 Å². The monoisotopic (exact) mass is 359 g/mol. The second-order valence-corrected chi connectivity index (χ2v) is 5.79. The minimum Gasteiger partial charge on any atom is -0.477 e. The number of hydrogen-bond donors (Lipinski definition) is 1. The summed E-state index contributed by atoms with van der Waals surface area (Å²) in [6.45, 7) is 4.11. The highest BCUT2D eigenvalue weighted by Crippen LogP contribution is 2.23. The van der Waals surface area contributed by atoms with Crippen LogP contribution < -0.4 is 16.1 Å². The molecule has 1 aromatic carbocycles. The minimum atomic E-state index is -1.40. The number of cyclic esters (lactones) is 1. The predicted molar refractivity (Wildman–Crippen MR) is 92.4 cm³/mol. The number of ether oxygens (including phenoxy) is 1. The van der Waals surface area contributed by atoms with Crippen LogP contribution in [-0.2, 0) is 11.3 Å². The second-order valence-electron chi connectivity index (χ2n) is 5.79. The molecule has 1 fully saturated rings. The summed E-state index contributed by atoms with van der Waals surface area (Å²) >= 11 is 0. The predicted octanol–water partition coefficient (Wildman–Crippen LogP) is 0.982. The molecular weight excluding hydrogens is 342 g/mol. The van der Waals surface area contributed by atoms with Crippen LogP contribution in [0.3, 0.4) is 0 Å². The Hall–Kier alpha value is -3.36. The number of carbonyl (C=O) groups is 2. The van der Waals surface area contributed by atoms with E-state index in [4.69, 9.17) is 4.74 Å². The fourth-order valence-electron chi connectivity index (χ4n) is 2.91. The van der Waals surface area contributed by atoms with E-state index in [1.807, 2.05) is 0 Å². The van der Waals surface area contributed by atoms with Crippen LogP contribution in [0.1, 0.15) is 22.8 Å². The fourth-order valence-corrected chi connectivity index (χ4v) is 2.91. The van der Waals surface area contributed by atoms with Crippen LogP contribution in [-0.4, -0.2) is 39.5 Å². The number of benzene rings is 1. The number of nitrogens with zero attached hydrogens (tertiary/aromatic N) is 3. The van der Waals surface area contributed by atoms with Gasteiger partial charge in [-0.15, -0.1) is 0 Å². The van der Waals surface area contributed by atoms with Crippen molar-refractivity contribution < 1.29 is 19.4 Å². The number of aromatic nitrogens is 2. The van der Waals surface area contributed by atoms with E-state index in [1.54, 1.807) is 32.0 Å². The third-order valence-corrected chi connectivity index (χ3v) is 4.23. The fraction of sp³-hybridized carbons (Fsp3) is 0.294. The maximum Gasteiger partial charge on any atom is 0.414 e. The molecule has 1 aliphatic heterocycles. The van der Waals surface area contributed by atoms with Crippen molar-refractivity contribution in [3.8, 4) is 5.69 Å². The molecule has 0 atom stereocenters. The number of carboxylic acids is 1. The van der Waals surface area contributed by atoms with Gasteiger partial charge in [0.05, 0.1) is 12.2 Å². The first-order valence-corrected chi connectivity index (χ1v) is 8.00. The standard InChI is InChI=1S/C17H17N3O6/c1-3-18-14(21)12(15(22)23)9-20(16(18)24)13-5-4-11(8-10(13)2)19-6-7-26-17(19)25/h4-5,8-9H,3,6-7H2,1-2H3,(H,22,23). The lowest BCUT2D eigenvalue weighted by molar-refractivity contribution is 0.0693. The van der Waals surface area contributed by atoms with Gasteiger partial charge >= 0.3 is 17.8 Å². The first-order valence-electron chi connectivity index (χ1n) is 8.00. The zero-order valence-electron chi connectivity index (χ0n) is 14.3. The molecule has 1 aromatic heterocycles. The summed E-state index contributed by atoms with van der Waals surface area (Å²) < 4.78 is 6.91. The third-order valence-electron chi connectivity index (χ3n) is 4.23. The van der Waals surface area contributed by atoms with Crippen LogP contribution in [0.4, 0.5) is 10.5 Å². The average Bonchev–Trinajstić information content (AvgIpc) is 3.02. The quantitative estimate of drug-likeness (QED) is 0.871. The molecule has 136 valence electrons. The van der Waals surface area contributed by atoms with Gasteiger partial charge in [0, 0.05) is 18.4 Å². The Bertz CT molecular complexity index is 1020. The Balaban J connectivity index is 2.16. The molecule has 0 spiro atoms. The van der Waals surface area contributed by atoms with E-state index in [-0.39, 0.29) is 6.54 Å². The van der Waals surface area contributed by atoms with Crippen LogP contribution in [0, 0.1) is 6.92 Å². The molecule has 1 saturated heterocycles. The summed E-state index contributed by atoms with van der Waals surface area (Å²) in [6, 6.07) is 4.95. The Kier molecular flexibility index (Phi) is 4.37. The van der Waals surface area contributed by atoms with Crippen molar-refractivity contribution in [3.05, 3.63) is 56.4 Å². The number of rotatable bonds is 4. The topological polar surface area (TPSA) is 111 Å². The van der Waals surface area contributed by atoms with Gasteiger partial charge in [-0.2, -0.15) is 0 Å². The molecule has 1 N–H and O–H groups in total. The molecule has 0 radical (unpaired) electrons. The maximum atomic E-state index is 12.6. The molecule has 0 saturated carbocycles. The Morgan fingerprint density at radius 2 is 2.00 bits per heavy atom. The number of carbonyl (C=O) groups excluding carboxylic acids is 1. The summed E-state index contributed by atoms with van der Waals surface area (Å²) in [5, 5.41) is 9.25. The molecule has 0 bridgehead atoms. The van der Waals surface area contributed by atoms with Crippen LogP contribution in [0.25, 0.3) is 5.69 Å². The number of carboxylic acid groups (broad SMARTS) is 1. The van der Waals surface area contributed by atoms with Crippen molar-refractivity contribution in [1.29, 1.82) is 0 Å². The van der Waals surface area contributed by atoms with E-state index < -0.39 is 28.9 Å². The van der Waals surface area contributed by atoms with Gasteiger partial charge in [0.2, 0.25) is 0 Å². The summed E-state index contributed by atoms with van der Waals surface area (Å²) in [6.07, 6.45) is 0.590. The van der Waals surface area contributed by atoms with E-state index in [9.17, 15) is 24.3 Å². The van der Waals surface area contributed by atoms with Crippen molar-refractivity contribution in [2.75, 3.05) is 18.1 Å². The number of hydrogen-bond acceptors (Lipinski definition) is 5. The number of aromatic carboxylic acids is 1. The minimum absolute atomic E-state index is 0.0511. The molecular formula is C17H17N3O6. The van der Waals surface area contributed by atoms with Crippen LogP contribution >= 0.6 is 0 Å². The highest BCUT2D eigenvalue weighted by atomic mass is 16.6. The van der Waals surface area contributed by atoms with Crippen LogP contribution in [0.15, 0.2) is 34.0 Å². The number of anilines is 1. The van der Waals surface area contributed by atoms with Gasteiger partial charge in [0.15, 0.2) is 0 Å². The smallest absolute Gasteiger partial charge is 0.414 e. The zero-order chi connectivity index (χ0) is 19.0. The summed E-state index contributed by atoms with van der Waals surface area (Å²) in [5.74, 6) is -1.40. The Morgan fingerprint density at radius 3 is 2.54 bits per heavy atom. The molecule has 2 aromatic rings. The van der Waals surface area contributed by atoms with Gasteiger partial charge in [-0.1, -0.05) is 0 Å². The highest BCUT2D eigenvalue weighted by Gasteiger charge is 2.24. The normalized spacial score (nSPS) is 13.8. The second kappa shape index (κ2) is 6.51. The summed E-state index contributed by atoms with van der Waals surface area (Å²) in [5.41, 5.74) is -0.269. The lowest BCUT2D eigenvalue weighted by Crippen LogP contribution is -2.41. The largest absolute Gasteiger partial charge is 0.477 e. The molecule has 9 nitrogen and oxygen atoms in total. The van der Waals surface area contributed by atoms with Crippen molar-refractivity contribution in [3.63, 3.8) is 0 Å². The van der Waals surface area contributed by atoms with Crippen molar-refractivity contribution >= 4 is 17.7 Å². The van der Waals surface area contributed by atoms with E-state index in [1.165, 1.54) is 4.90 Å². The zero-order valence-corrected chi connectivity index (χ0v) is 14.3. The first kappa shape index (κ1) is 17.5. The first-order chi connectivity index (χ1) is 12.3. The molecule has 9 heteroatoms. The van der Waals surface area contributed by atoms with Gasteiger partial charge in [-0.25, -0.2) is 14.4 Å². The molecule has 3 rings (SSSR count). The molecule has 1 aliphatic rings. The van der Waals surface area contributed by atoms with Gasteiger partial charge < -0.3 is 9.84 Å². The SMILES string of the molecule is CCn1c(=O)c(C(=O)O)cn(-c2ccc(N3CCOC3=O)cc2C)c1=O. The molecule has 2 heterocycles. The van der Waals surface area contributed by atoms with E-state index >= 15 is 0 Å². The molecule has 0 unspecified atom stereocenters. The van der Waals surface area contributed by atoms with Gasteiger partial charge in [0.1, 0.15) is 12.2 Å². The maximum absolute atomic E-state index is 12.6. The Morgan fingerprint density at radius 1 is 1.27 bits per heavy atom. The Labute approximate surface area is 147 Å². The van der Waals surface area contributed by atoms with E-state index in [0.717, 1.165) is 15.3 Å². The molecule has 1 amide bonds. The van der Waals surface area contributed by atoms with Gasteiger partial charge in [-0.3, -0.25) is 18.8 Å². The van der Waals surface area contributed by atoms with Crippen molar-refractivity contribution in [1.82, 2.24) is 9.13 Å².